The summed E-state index contributed by atoms with van der Waals surface area (Å²) < 4.78 is 34.5. The van der Waals surface area contributed by atoms with Gasteiger partial charge in [-0.2, -0.15) is 0 Å². The van der Waals surface area contributed by atoms with Gasteiger partial charge >= 0.3 is 19.8 Å². The lowest BCUT2D eigenvalue weighted by molar-refractivity contribution is -0.870. The second-order valence-electron chi connectivity index (χ2n) is 19.9. The molecule has 0 aliphatic rings. The Hall–Kier alpha value is -3.85. The van der Waals surface area contributed by atoms with Crippen molar-refractivity contribution in [3.05, 3.63) is 134 Å². The normalized spacial score (nSPS) is 14.3. The fraction of sp³-hybridized carbons (Fsp3) is 0.625. The number of phosphoric acid groups is 1. The summed E-state index contributed by atoms with van der Waals surface area (Å²) >= 11 is 0. The Morgan fingerprint density at radius 3 is 1.08 bits per heavy atom. The minimum atomic E-state index is -4.40. The Labute approximate surface area is 453 Å². The number of carbonyl (C=O) groups is 2. The van der Waals surface area contributed by atoms with Crippen LogP contribution in [-0.2, 0) is 32.7 Å². The highest BCUT2D eigenvalue weighted by molar-refractivity contribution is 7.47. The number of esters is 2. The maximum absolute atomic E-state index is 12.8. The lowest BCUT2D eigenvalue weighted by Crippen LogP contribution is -2.37. The zero-order valence-electron chi connectivity index (χ0n) is 47.5. The number of quaternary nitrogens is 1. The van der Waals surface area contributed by atoms with Crippen LogP contribution in [0.3, 0.4) is 0 Å². The van der Waals surface area contributed by atoms with E-state index < -0.39 is 32.5 Å². The van der Waals surface area contributed by atoms with Gasteiger partial charge in [-0.3, -0.25) is 18.6 Å². The molecular formula is C64H107NO8P+. The van der Waals surface area contributed by atoms with E-state index in [4.69, 9.17) is 18.5 Å². The van der Waals surface area contributed by atoms with E-state index >= 15 is 0 Å². The second-order valence-corrected chi connectivity index (χ2v) is 21.4. The number of rotatable bonds is 51. The smallest absolute Gasteiger partial charge is 0.462 e. The molecule has 2 unspecified atom stereocenters. The standard InChI is InChI=1S/C64H106NO8P/c1-6-8-10-12-14-16-18-20-22-24-25-26-27-28-29-30-31-32-33-34-35-36-37-38-39-41-43-45-47-49-51-53-55-57-64(67)73-62(61-72-74(68,69)71-59-58-65(3,4)5)60-70-63(66)56-54-52-50-48-46-44-42-40-23-21-19-17-15-13-11-9-7-2/h8-11,14-17,20-23,25-26,28-29,31-32,34-35,42,44,62H,6-7,12-13,18-19,24,27,30,33,36-41,43,45-61H2,1-5H3/p+1/b10-8-,11-9-,16-14-,17-15-,22-20-,23-21-,26-25-,29-28-,32-31-,35-34-,44-42-. The predicted octanol–water partition coefficient (Wildman–Crippen LogP) is 18.1. The van der Waals surface area contributed by atoms with E-state index in [9.17, 15) is 19.0 Å². The topological polar surface area (TPSA) is 108 Å². The van der Waals surface area contributed by atoms with Crippen LogP contribution in [-0.4, -0.2) is 74.9 Å². The van der Waals surface area contributed by atoms with E-state index in [1.807, 2.05) is 21.1 Å². The van der Waals surface area contributed by atoms with Crippen LogP contribution in [0.15, 0.2) is 134 Å². The first kappa shape index (κ1) is 70.1. The van der Waals surface area contributed by atoms with Gasteiger partial charge in [0.25, 0.3) is 0 Å². The van der Waals surface area contributed by atoms with E-state index in [0.29, 0.717) is 23.9 Å². The molecule has 0 spiro atoms. The van der Waals surface area contributed by atoms with Crippen molar-refractivity contribution >= 4 is 19.8 Å². The number of nitrogens with zero attached hydrogens (tertiary/aromatic N) is 1. The minimum Gasteiger partial charge on any atom is -0.462 e. The predicted molar refractivity (Wildman–Crippen MR) is 316 cm³/mol. The first-order chi connectivity index (χ1) is 36.0. The van der Waals surface area contributed by atoms with Gasteiger partial charge < -0.3 is 18.9 Å². The summed E-state index contributed by atoms with van der Waals surface area (Å²) in [6.07, 6.45) is 78.1. The molecule has 0 rings (SSSR count). The molecular weight excluding hydrogens is 942 g/mol. The summed E-state index contributed by atoms with van der Waals surface area (Å²) in [7, 11) is 1.44. The van der Waals surface area contributed by atoms with Crippen LogP contribution in [0.4, 0.5) is 0 Å². The third kappa shape index (κ3) is 57.4. The molecule has 0 fully saturated rings. The average molecular weight is 1050 g/mol. The minimum absolute atomic E-state index is 0.0197. The molecule has 0 amide bonds. The Morgan fingerprint density at radius 2 is 0.730 bits per heavy atom. The van der Waals surface area contributed by atoms with Crippen molar-refractivity contribution in [2.75, 3.05) is 47.5 Å². The van der Waals surface area contributed by atoms with Crippen molar-refractivity contribution in [3.63, 3.8) is 0 Å². The van der Waals surface area contributed by atoms with Crippen molar-refractivity contribution < 1.29 is 42.1 Å². The molecule has 0 bridgehead atoms. The van der Waals surface area contributed by atoms with Gasteiger partial charge in [0.15, 0.2) is 6.10 Å². The van der Waals surface area contributed by atoms with E-state index in [1.165, 1.54) is 44.9 Å². The summed E-state index contributed by atoms with van der Waals surface area (Å²) in [5.74, 6) is -0.838. The highest BCUT2D eigenvalue weighted by Crippen LogP contribution is 2.43. The molecule has 420 valence electrons. The fourth-order valence-electron chi connectivity index (χ4n) is 7.28. The number of allylic oxidation sites excluding steroid dienone is 22. The van der Waals surface area contributed by atoms with Crippen LogP contribution in [0, 0.1) is 0 Å². The van der Waals surface area contributed by atoms with Gasteiger partial charge in [0, 0.05) is 12.8 Å². The van der Waals surface area contributed by atoms with Crippen LogP contribution in [0.5, 0.6) is 0 Å². The monoisotopic (exact) mass is 1050 g/mol. The van der Waals surface area contributed by atoms with Crippen molar-refractivity contribution in [1.29, 1.82) is 0 Å². The SMILES string of the molecule is CC/C=C\C/C=C\C/C=C\C/C=C\C/C=C\C/C=C\C/C=C\CCCCCCCCCCCCCC(=O)OC(COC(=O)CCCCCC/C=C\C/C=C\C/C=C\C/C=C\CC)COP(=O)(O)OCC[N+](C)(C)C. The summed E-state index contributed by atoms with van der Waals surface area (Å²) in [5.41, 5.74) is 0. The number of phosphoric ester groups is 1. The molecule has 0 radical (unpaired) electrons. The number of likely N-dealkylation sites (N-methyl/N-ethyl adjacent to an activating group) is 1. The van der Waals surface area contributed by atoms with E-state index in [2.05, 4.69) is 148 Å². The van der Waals surface area contributed by atoms with E-state index in [0.717, 1.165) is 122 Å². The summed E-state index contributed by atoms with van der Waals surface area (Å²) in [4.78, 5) is 35.7. The molecule has 1 N–H and O–H groups in total. The zero-order valence-corrected chi connectivity index (χ0v) is 48.4. The van der Waals surface area contributed by atoms with Crippen LogP contribution < -0.4 is 0 Å². The molecule has 0 aliphatic carbocycles. The number of unbranched alkanes of at least 4 members (excludes halogenated alkanes) is 15. The quantitative estimate of drug-likeness (QED) is 0.0211. The van der Waals surface area contributed by atoms with E-state index in [1.54, 1.807) is 0 Å². The fourth-order valence-corrected chi connectivity index (χ4v) is 8.02. The second kappa shape index (κ2) is 54.0. The van der Waals surface area contributed by atoms with Crippen LogP contribution in [0.1, 0.15) is 206 Å². The molecule has 0 heterocycles. The summed E-state index contributed by atoms with van der Waals surface area (Å²) in [6, 6.07) is 0. The molecule has 0 aromatic heterocycles. The molecule has 9 nitrogen and oxygen atoms in total. The lowest BCUT2D eigenvalue weighted by atomic mass is 10.0. The molecule has 0 aromatic rings. The number of carbonyl (C=O) groups excluding carboxylic acids is 2. The maximum atomic E-state index is 12.8. The van der Waals surface area contributed by atoms with Crippen LogP contribution in [0.25, 0.3) is 0 Å². The van der Waals surface area contributed by atoms with Gasteiger partial charge in [-0.25, -0.2) is 4.57 Å². The van der Waals surface area contributed by atoms with Gasteiger partial charge in [0.05, 0.1) is 27.7 Å². The largest absolute Gasteiger partial charge is 0.472 e. The van der Waals surface area contributed by atoms with Crippen molar-refractivity contribution in [2.24, 2.45) is 0 Å². The van der Waals surface area contributed by atoms with Crippen LogP contribution >= 0.6 is 7.82 Å². The lowest BCUT2D eigenvalue weighted by Gasteiger charge is -2.24. The highest BCUT2D eigenvalue weighted by Gasteiger charge is 2.27. The first-order valence-corrected chi connectivity index (χ1v) is 30.4. The van der Waals surface area contributed by atoms with Gasteiger partial charge in [-0.05, 0) is 109 Å². The first-order valence-electron chi connectivity index (χ1n) is 28.9. The van der Waals surface area contributed by atoms with Gasteiger partial charge in [-0.1, -0.05) is 218 Å². The Kier molecular flexibility index (Phi) is 51.2. The molecule has 10 heteroatoms. The molecule has 2 atom stereocenters. The zero-order chi connectivity index (χ0) is 54.2. The Bertz CT molecular complexity index is 1710. The Morgan fingerprint density at radius 1 is 0.419 bits per heavy atom. The molecule has 0 aliphatic heterocycles. The molecule has 0 saturated heterocycles. The summed E-state index contributed by atoms with van der Waals surface area (Å²) in [6.45, 7) is 4.15. The Balaban J connectivity index is 4.19. The van der Waals surface area contributed by atoms with Crippen molar-refractivity contribution in [3.8, 4) is 0 Å². The maximum Gasteiger partial charge on any atom is 0.472 e. The molecule has 0 saturated carbocycles. The number of hydrogen-bond donors (Lipinski definition) is 1. The average Bonchev–Trinajstić information content (AvgIpc) is 3.36. The third-order valence-corrected chi connectivity index (χ3v) is 12.7. The van der Waals surface area contributed by atoms with E-state index in [-0.39, 0.29) is 26.1 Å². The van der Waals surface area contributed by atoms with Gasteiger partial charge in [-0.15, -0.1) is 0 Å². The molecule has 0 aromatic carbocycles. The van der Waals surface area contributed by atoms with Gasteiger partial charge in [0.2, 0.25) is 0 Å². The number of hydrogen-bond acceptors (Lipinski definition) is 7. The molecule has 74 heavy (non-hydrogen) atoms. The van der Waals surface area contributed by atoms with Gasteiger partial charge in [0.1, 0.15) is 19.8 Å². The highest BCUT2D eigenvalue weighted by atomic mass is 31.2. The third-order valence-electron chi connectivity index (χ3n) is 11.7. The number of ether oxygens (including phenoxy) is 2. The summed E-state index contributed by atoms with van der Waals surface area (Å²) in [5, 5.41) is 0. The van der Waals surface area contributed by atoms with Crippen molar-refractivity contribution in [1.82, 2.24) is 0 Å². The van der Waals surface area contributed by atoms with Crippen molar-refractivity contribution in [2.45, 2.75) is 213 Å². The van der Waals surface area contributed by atoms with Crippen LogP contribution in [0.2, 0.25) is 0 Å².